The van der Waals surface area contributed by atoms with Gasteiger partial charge in [-0.1, -0.05) is 12.1 Å². The van der Waals surface area contributed by atoms with Crippen molar-refractivity contribution in [3.63, 3.8) is 0 Å². The maximum atomic E-state index is 11.4. The van der Waals surface area contributed by atoms with E-state index in [0.29, 0.717) is 17.0 Å². The van der Waals surface area contributed by atoms with Gasteiger partial charge in [0.15, 0.2) is 5.78 Å². The Balaban J connectivity index is 2.33. The molecule has 0 unspecified atom stereocenters. The van der Waals surface area contributed by atoms with Gasteiger partial charge in [0.2, 0.25) is 0 Å². The van der Waals surface area contributed by atoms with E-state index in [1.165, 1.54) is 6.92 Å². The van der Waals surface area contributed by atoms with Crippen molar-refractivity contribution in [1.82, 2.24) is 0 Å². The third-order valence-electron chi connectivity index (χ3n) is 2.47. The number of nitrogens with two attached hydrogens (primary N) is 1. The SMILES string of the molecule is CC(=O)c1cc(Oc2ccccc2I)ccc1N. The van der Waals surface area contributed by atoms with E-state index in [0.717, 1.165) is 9.32 Å². The van der Waals surface area contributed by atoms with Crippen molar-refractivity contribution in [2.24, 2.45) is 0 Å². The molecular weight excluding hydrogens is 341 g/mol. The van der Waals surface area contributed by atoms with Crippen LogP contribution in [-0.2, 0) is 0 Å². The number of carbonyl (C=O) groups excluding carboxylic acids is 1. The first-order chi connectivity index (χ1) is 8.58. The van der Waals surface area contributed by atoms with E-state index in [2.05, 4.69) is 22.6 Å². The van der Waals surface area contributed by atoms with E-state index in [9.17, 15) is 4.79 Å². The predicted octanol–water partition coefficient (Wildman–Crippen LogP) is 3.87. The van der Waals surface area contributed by atoms with Crippen LogP contribution in [0.3, 0.4) is 0 Å². The minimum Gasteiger partial charge on any atom is -0.456 e. The first-order valence-electron chi connectivity index (χ1n) is 5.41. The number of para-hydroxylation sites is 1. The lowest BCUT2D eigenvalue weighted by molar-refractivity contribution is 0.101. The highest BCUT2D eigenvalue weighted by Crippen LogP contribution is 2.28. The van der Waals surface area contributed by atoms with E-state index >= 15 is 0 Å². The second-order valence-corrected chi connectivity index (χ2v) is 5.00. The highest BCUT2D eigenvalue weighted by Gasteiger charge is 2.08. The normalized spacial score (nSPS) is 10.1. The van der Waals surface area contributed by atoms with Crippen LogP contribution in [0.5, 0.6) is 11.5 Å². The number of ether oxygens (including phenoxy) is 1. The predicted molar refractivity (Wildman–Crippen MR) is 80.1 cm³/mol. The molecule has 0 heterocycles. The highest BCUT2D eigenvalue weighted by molar-refractivity contribution is 14.1. The third kappa shape index (κ3) is 2.81. The van der Waals surface area contributed by atoms with Crippen LogP contribution in [0.25, 0.3) is 0 Å². The maximum Gasteiger partial charge on any atom is 0.162 e. The fraction of sp³-hybridized carbons (Fsp3) is 0.0714. The first kappa shape index (κ1) is 12.9. The van der Waals surface area contributed by atoms with Gasteiger partial charge in [0.05, 0.1) is 3.57 Å². The molecular formula is C14H12INO2. The zero-order chi connectivity index (χ0) is 13.1. The number of nitrogen functional groups attached to an aromatic ring is 1. The van der Waals surface area contributed by atoms with Crippen LogP contribution in [0.15, 0.2) is 42.5 Å². The van der Waals surface area contributed by atoms with Crippen molar-refractivity contribution in [2.75, 3.05) is 5.73 Å². The number of hydrogen-bond acceptors (Lipinski definition) is 3. The largest absolute Gasteiger partial charge is 0.456 e. The van der Waals surface area contributed by atoms with Gasteiger partial charge < -0.3 is 10.5 Å². The number of anilines is 1. The van der Waals surface area contributed by atoms with Crippen LogP contribution in [0.1, 0.15) is 17.3 Å². The lowest BCUT2D eigenvalue weighted by atomic mass is 10.1. The van der Waals surface area contributed by atoms with Crippen molar-refractivity contribution in [1.29, 1.82) is 0 Å². The summed E-state index contributed by atoms with van der Waals surface area (Å²) in [6, 6.07) is 12.8. The Hall–Kier alpha value is -1.56. The molecule has 0 saturated heterocycles. The van der Waals surface area contributed by atoms with Gasteiger partial charge >= 0.3 is 0 Å². The van der Waals surface area contributed by atoms with Crippen LogP contribution < -0.4 is 10.5 Å². The molecule has 0 aliphatic rings. The Morgan fingerprint density at radius 3 is 2.61 bits per heavy atom. The molecule has 18 heavy (non-hydrogen) atoms. The van der Waals surface area contributed by atoms with Gasteiger partial charge in [-0.15, -0.1) is 0 Å². The lowest BCUT2D eigenvalue weighted by Gasteiger charge is -2.09. The Labute approximate surface area is 119 Å². The second-order valence-electron chi connectivity index (χ2n) is 3.84. The van der Waals surface area contributed by atoms with Crippen molar-refractivity contribution in [2.45, 2.75) is 6.92 Å². The monoisotopic (exact) mass is 353 g/mol. The van der Waals surface area contributed by atoms with E-state index in [4.69, 9.17) is 10.5 Å². The first-order valence-corrected chi connectivity index (χ1v) is 6.48. The summed E-state index contributed by atoms with van der Waals surface area (Å²) >= 11 is 2.20. The summed E-state index contributed by atoms with van der Waals surface area (Å²) in [5, 5.41) is 0. The Morgan fingerprint density at radius 2 is 1.94 bits per heavy atom. The minimum absolute atomic E-state index is 0.0688. The number of ketones is 1. The van der Waals surface area contributed by atoms with Crippen LogP contribution in [0.4, 0.5) is 5.69 Å². The highest BCUT2D eigenvalue weighted by atomic mass is 127. The number of Topliss-reactive ketones (excluding diaryl/α,β-unsaturated/α-hetero) is 1. The molecule has 0 aliphatic heterocycles. The van der Waals surface area contributed by atoms with Crippen molar-refractivity contribution < 1.29 is 9.53 Å². The Kier molecular flexibility index (Phi) is 3.86. The molecule has 2 aromatic rings. The molecule has 0 bridgehead atoms. The fourth-order valence-corrected chi connectivity index (χ4v) is 2.06. The Bertz CT molecular complexity index is 596. The summed E-state index contributed by atoms with van der Waals surface area (Å²) in [5.41, 5.74) is 6.69. The summed E-state index contributed by atoms with van der Waals surface area (Å²) in [5.74, 6) is 1.30. The molecule has 0 radical (unpaired) electrons. The molecule has 0 amide bonds. The molecule has 0 atom stereocenters. The van der Waals surface area contributed by atoms with Gasteiger partial charge in [0, 0.05) is 11.3 Å². The van der Waals surface area contributed by atoms with Crippen molar-refractivity contribution in [3.8, 4) is 11.5 Å². The standard InChI is InChI=1S/C14H12INO2/c1-9(17)11-8-10(6-7-13(11)16)18-14-5-3-2-4-12(14)15/h2-8H,16H2,1H3. The van der Waals surface area contributed by atoms with Crippen LogP contribution in [0.2, 0.25) is 0 Å². The molecule has 2 rings (SSSR count). The molecule has 0 saturated carbocycles. The average molecular weight is 353 g/mol. The number of rotatable bonds is 3. The summed E-state index contributed by atoms with van der Waals surface area (Å²) in [6.07, 6.45) is 0. The van der Waals surface area contributed by atoms with Gasteiger partial charge in [-0.05, 0) is 59.8 Å². The molecule has 4 heteroatoms. The van der Waals surface area contributed by atoms with Crippen LogP contribution in [0, 0.1) is 3.57 Å². The number of halogens is 1. The quantitative estimate of drug-likeness (QED) is 0.518. The fourth-order valence-electron chi connectivity index (χ4n) is 1.56. The van der Waals surface area contributed by atoms with E-state index in [-0.39, 0.29) is 5.78 Å². The van der Waals surface area contributed by atoms with Gasteiger partial charge in [0.1, 0.15) is 11.5 Å². The molecule has 3 nitrogen and oxygen atoms in total. The Morgan fingerprint density at radius 1 is 1.22 bits per heavy atom. The van der Waals surface area contributed by atoms with Gasteiger partial charge in [0.25, 0.3) is 0 Å². The molecule has 0 aliphatic carbocycles. The van der Waals surface area contributed by atoms with E-state index < -0.39 is 0 Å². The number of carbonyl (C=O) groups is 1. The molecule has 0 aromatic heterocycles. The summed E-state index contributed by atoms with van der Waals surface area (Å²) in [6.45, 7) is 1.49. The number of benzene rings is 2. The zero-order valence-electron chi connectivity index (χ0n) is 9.81. The van der Waals surface area contributed by atoms with Gasteiger partial charge in [-0.25, -0.2) is 0 Å². The maximum absolute atomic E-state index is 11.4. The summed E-state index contributed by atoms with van der Waals surface area (Å²) < 4.78 is 6.75. The van der Waals surface area contributed by atoms with Crippen molar-refractivity contribution in [3.05, 3.63) is 51.6 Å². The number of hydrogen-bond donors (Lipinski definition) is 1. The molecule has 2 aromatic carbocycles. The van der Waals surface area contributed by atoms with Crippen LogP contribution >= 0.6 is 22.6 Å². The molecule has 0 fully saturated rings. The minimum atomic E-state index is -0.0688. The molecule has 2 N–H and O–H groups in total. The van der Waals surface area contributed by atoms with Crippen LogP contribution in [-0.4, -0.2) is 5.78 Å². The smallest absolute Gasteiger partial charge is 0.162 e. The van der Waals surface area contributed by atoms with Gasteiger partial charge in [-0.2, -0.15) is 0 Å². The van der Waals surface area contributed by atoms with Crippen molar-refractivity contribution >= 4 is 34.1 Å². The van der Waals surface area contributed by atoms with E-state index in [1.54, 1.807) is 18.2 Å². The lowest BCUT2D eigenvalue weighted by Crippen LogP contribution is -2.00. The zero-order valence-corrected chi connectivity index (χ0v) is 12.0. The van der Waals surface area contributed by atoms with E-state index in [1.807, 2.05) is 24.3 Å². The average Bonchev–Trinajstić information content (AvgIpc) is 2.34. The topological polar surface area (TPSA) is 52.3 Å². The molecule has 92 valence electrons. The third-order valence-corrected chi connectivity index (χ3v) is 3.36. The summed E-state index contributed by atoms with van der Waals surface area (Å²) in [7, 11) is 0. The summed E-state index contributed by atoms with van der Waals surface area (Å²) in [4.78, 5) is 11.4. The molecule has 0 spiro atoms. The van der Waals surface area contributed by atoms with Gasteiger partial charge in [-0.3, -0.25) is 4.79 Å². The second kappa shape index (κ2) is 5.39.